The summed E-state index contributed by atoms with van der Waals surface area (Å²) in [6.45, 7) is 0.640. The monoisotopic (exact) mass is 265 g/mol. The molecule has 2 rings (SSSR count). The third kappa shape index (κ3) is 3.17. The Morgan fingerprint density at radius 3 is 2.61 bits per heavy atom. The Kier molecular flexibility index (Phi) is 4.10. The molecular formula is C13H13ClFN3. The molecule has 0 aliphatic carbocycles. The van der Waals surface area contributed by atoms with E-state index in [1.54, 1.807) is 24.5 Å². The van der Waals surface area contributed by atoms with Crippen molar-refractivity contribution in [2.24, 2.45) is 0 Å². The van der Waals surface area contributed by atoms with Crippen molar-refractivity contribution in [3.63, 3.8) is 0 Å². The van der Waals surface area contributed by atoms with Gasteiger partial charge in [0, 0.05) is 19.8 Å². The van der Waals surface area contributed by atoms with Crippen molar-refractivity contribution in [1.29, 1.82) is 0 Å². The van der Waals surface area contributed by atoms with Crippen molar-refractivity contribution in [2.45, 2.75) is 12.4 Å². The van der Waals surface area contributed by atoms with Gasteiger partial charge in [-0.1, -0.05) is 12.1 Å². The van der Waals surface area contributed by atoms with Crippen LogP contribution in [0.5, 0.6) is 0 Å². The van der Waals surface area contributed by atoms with Crippen LogP contribution in [0.2, 0.25) is 0 Å². The number of hydrogen-bond acceptors (Lipinski definition) is 3. The van der Waals surface area contributed by atoms with E-state index < -0.39 is 0 Å². The highest BCUT2D eigenvalue weighted by Crippen LogP contribution is 2.13. The molecule has 0 saturated heterocycles. The van der Waals surface area contributed by atoms with E-state index in [-0.39, 0.29) is 5.82 Å². The van der Waals surface area contributed by atoms with Crippen molar-refractivity contribution in [1.82, 2.24) is 9.97 Å². The zero-order chi connectivity index (χ0) is 13.0. The molecule has 3 nitrogen and oxygen atoms in total. The summed E-state index contributed by atoms with van der Waals surface area (Å²) in [5.41, 5.74) is 1.75. The van der Waals surface area contributed by atoms with Gasteiger partial charge in [0.25, 0.3) is 0 Å². The lowest BCUT2D eigenvalue weighted by molar-refractivity contribution is 0.627. The number of nitrogens with zero attached hydrogens (tertiary/aromatic N) is 3. The van der Waals surface area contributed by atoms with Crippen LogP contribution >= 0.6 is 11.6 Å². The van der Waals surface area contributed by atoms with Crippen LogP contribution in [0.1, 0.15) is 11.3 Å². The minimum Gasteiger partial charge on any atom is -0.354 e. The summed E-state index contributed by atoms with van der Waals surface area (Å²) in [5.74, 6) is 0.855. The first-order chi connectivity index (χ1) is 8.69. The summed E-state index contributed by atoms with van der Waals surface area (Å²) in [4.78, 5) is 10.4. The first kappa shape index (κ1) is 12.8. The molecule has 94 valence electrons. The predicted molar refractivity (Wildman–Crippen MR) is 70.1 cm³/mol. The maximum absolute atomic E-state index is 12.8. The lowest BCUT2D eigenvalue weighted by atomic mass is 10.2. The second kappa shape index (κ2) is 5.78. The van der Waals surface area contributed by atoms with Crippen LogP contribution in [-0.4, -0.2) is 17.0 Å². The van der Waals surface area contributed by atoms with Gasteiger partial charge in [-0.15, -0.1) is 11.6 Å². The fourth-order valence-electron chi connectivity index (χ4n) is 1.59. The smallest absolute Gasteiger partial charge is 0.147 e. The SMILES string of the molecule is CN(Cc1ccc(F)cc1)c1cncc(CCl)n1. The fraction of sp³-hybridized carbons (Fsp3) is 0.231. The van der Waals surface area contributed by atoms with Gasteiger partial charge in [-0.05, 0) is 17.7 Å². The maximum Gasteiger partial charge on any atom is 0.147 e. The fourth-order valence-corrected chi connectivity index (χ4v) is 1.72. The average Bonchev–Trinajstić information content (AvgIpc) is 2.41. The number of anilines is 1. The van der Waals surface area contributed by atoms with Crippen molar-refractivity contribution in [3.8, 4) is 0 Å². The Labute approximate surface area is 110 Å². The van der Waals surface area contributed by atoms with E-state index in [9.17, 15) is 4.39 Å². The number of halogens is 2. The molecular weight excluding hydrogens is 253 g/mol. The van der Waals surface area contributed by atoms with E-state index in [2.05, 4.69) is 9.97 Å². The van der Waals surface area contributed by atoms with Gasteiger partial charge in [0.1, 0.15) is 11.6 Å². The molecule has 0 fully saturated rings. The van der Waals surface area contributed by atoms with E-state index >= 15 is 0 Å². The largest absolute Gasteiger partial charge is 0.354 e. The van der Waals surface area contributed by atoms with Crippen LogP contribution < -0.4 is 4.90 Å². The molecule has 5 heteroatoms. The molecule has 0 amide bonds. The van der Waals surface area contributed by atoms with Crippen LogP contribution in [0, 0.1) is 5.82 Å². The molecule has 1 heterocycles. The predicted octanol–water partition coefficient (Wildman–Crippen LogP) is 2.99. The van der Waals surface area contributed by atoms with Crippen LogP contribution in [0.25, 0.3) is 0 Å². The molecule has 0 N–H and O–H groups in total. The Morgan fingerprint density at radius 1 is 1.22 bits per heavy atom. The Morgan fingerprint density at radius 2 is 1.94 bits per heavy atom. The minimum atomic E-state index is -0.231. The molecule has 18 heavy (non-hydrogen) atoms. The lowest BCUT2D eigenvalue weighted by Gasteiger charge is -2.18. The van der Waals surface area contributed by atoms with Crippen molar-refractivity contribution >= 4 is 17.4 Å². The van der Waals surface area contributed by atoms with Crippen molar-refractivity contribution in [2.75, 3.05) is 11.9 Å². The van der Waals surface area contributed by atoms with Crippen LogP contribution in [0.3, 0.4) is 0 Å². The summed E-state index contributed by atoms with van der Waals surface area (Å²) in [6.07, 6.45) is 3.32. The van der Waals surface area contributed by atoms with Gasteiger partial charge in [-0.3, -0.25) is 4.98 Å². The number of alkyl halides is 1. The standard InChI is InChI=1S/C13H13ClFN3/c1-18(9-10-2-4-11(15)5-3-10)13-8-16-7-12(6-14)17-13/h2-5,7-8H,6,9H2,1H3. The molecule has 2 aromatic rings. The lowest BCUT2D eigenvalue weighted by Crippen LogP contribution is -2.18. The maximum atomic E-state index is 12.8. The van der Waals surface area contributed by atoms with E-state index in [4.69, 9.17) is 11.6 Å². The van der Waals surface area contributed by atoms with Gasteiger partial charge >= 0.3 is 0 Å². The average molecular weight is 266 g/mol. The zero-order valence-electron chi connectivity index (χ0n) is 9.98. The van der Waals surface area contributed by atoms with E-state index in [0.717, 1.165) is 17.1 Å². The zero-order valence-corrected chi connectivity index (χ0v) is 10.7. The topological polar surface area (TPSA) is 29.0 Å². The Bertz CT molecular complexity index is 516. The van der Waals surface area contributed by atoms with Crippen molar-refractivity contribution in [3.05, 3.63) is 53.7 Å². The third-order valence-corrected chi connectivity index (χ3v) is 2.81. The molecule has 0 aliphatic heterocycles. The van der Waals surface area contributed by atoms with Gasteiger partial charge in [0.2, 0.25) is 0 Å². The van der Waals surface area contributed by atoms with E-state index in [1.165, 1.54) is 12.1 Å². The molecule has 1 aromatic heterocycles. The molecule has 0 radical (unpaired) electrons. The normalized spacial score (nSPS) is 10.4. The molecule has 0 aliphatic rings. The minimum absolute atomic E-state index is 0.231. The highest BCUT2D eigenvalue weighted by Gasteiger charge is 2.05. The van der Waals surface area contributed by atoms with E-state index in [0.29, 0.717) is 12.4 Å². The van der Waals surface area contributed by atoms with Gasteiger partial charge in [-0.2, -0.15) is 0 Å². The molecule has 0 unspecified atom stereocenters. The van der Waals surface area contributed by atoms with Gasteiger partial charge in [0.15, 0.2) is 0 Å². The molecule has 0 saturated carbocycles. The summed E-state index contributed by atoms with van der Waals surface area (Å²) in [6, 6.07) is 6.41. The quantitative estimate of drug-likeness (QED) is 0.796. The van der Waals surface area contributed by atoms with Gasteiger partial charge in [-0.25, -0.2) is 9.37 Å². The van der Waals surface area contributed by atoms with Crippen LogP contribution in [-0.2, 0) is 12.4 Å². The number of rotatable bonds is 4. The summed E-state index contributed by atoms with van der Waals surface area (Å²) < 4.78 is 12.8. The Hall–Kier alpha value is -1.68. The second-order valence-electron chi connectivity index (χ2n) is 3.98. The van der Waals surface area contributed by atoms with Crippen LogP contribution in [0.15, 0.2) is 36.7 Å². The Balaban J connectivity index is 2.11. The van der Waals surface area contributed by atoms with Gasteiger partial charge in [0.05, 0.1) is 17.8 Å². The third-order valence-electron chi connectivity index (χ3n) is 2.53. The highest BCUT2D eigenvalue weighted by atomic mass is 35.5. The summed E-state index contributed by atoms with van der Waals surface area (Å²) in [5, 5.41) is 0. The first-order valence-electron chi connectivity index (χ1n) is 5.51. The molecule has 1 aromatic carbocycles. The number of hydrogen-bond donors (Lipinski definition) is 0. The highest BCUT2D eigenvalue weighted by molar-refractivity contribution is 6.16. The second-order valence-corrected chi connectivity index (χ2v) is 4.25. The molecule has 0 bridgehead atoms. The number of aromatic nitrogens is 2. The van der Waals surface area contributed by atoms with Crippen molar-refractivity contribution < 1.29 is 4.39 Å². The van der Waals surface area contributed by atoms with Crippen LogP contribution in [0.4, 0.5) is 10.2 Å². The summed E-state index contributed by atoms with van der Waals surface area (Å²) >= 11 is 5.72. The van der Waals surface area contributed by atoms with E-state index in [1.807, 2.05) is 11.9 Å². The number of benzene rings is 1. The first-order valence-corrected chi connectivity index (χ1v) is 6.05. The molecule has 0 spiro atoms. The van der Waals surface area contributed by atoms with Gasteiger partial charge < -0.3 is 4.90 Å². The summed E-state index contributed by atoms with van der Waals surface area (Å²) in [7, 11) is 1.91. The molecule has 0 atom stereocenters.